The SMILES string of the molecule is Cc1cccc(NC(=O)CN2CCN(C(=O)c3cccc(NC(=O)CCn4ccnc4)c3)CC2)c1C. The predicted octanol–water partition coefficient (Wildman–Crippen LogP) is 2.93. The Morgan fingerprint density at radius 1 is 0.944 bits per heavy atom. The summed E-state index contributed by atoms with van der Waals surface area (Å²) < 4.78 is 1.84. The molecule has 0 radical (unpaired) electrons. The smallest absolute Gasteiger partial charge is 0.254 e. The zero-order valence-electron chi connectivity index (χ0n) is 20.7. The Morgan fingerprint density at radius 3 is 2.47 bits per heavy atom. The molecule has 3 amide bonds. The molecule has 0 aliphatic carbocycles. The van der Waals surface area contributed by atoms with Gasteiger partial charge in [0.15, 0.2) is 0 Å². The first kappa shape index (κ1) is 25.1. The summed E-state index contributed by atoms with van der Waals surface area (Å²) >= 11 is 0. The van der Waals surface area contributed by atoms with Crippen LogP contribution in [0.25, 0.3) is 0 Å². The number of benzene rings is 2. The summed E-state index contributed by atoms with van der Waals surface area (Å²) in [6.45, 7) is 7.17. The van der Waals surface area contributed by atoms with Crippen molar-refractivity contribution in [3.8, 4) is 0 Å². The zero-order valence-corrected chi connectivity index (χ0v) is 20.7. The van der Waals surface area contributed by atoms with Crippen LogP contribution in [0.4, 0.5) is 11.4 Å². The molecule has 2 heterocycles. The second kappa shape index (κ2) is 11.6. The topological polar surface area (TPSA) is 99.6 Å². The number of carbonyl (C=O) groups excluding carboxylic acids is 3. The number of aryl methyl sites for hydroxylation is 2. The maximum atomic E-state index is 13.1. The highest BCUT2D eigenvalue weighted by molar-refractivity contribution is 5.97. The first-order chi connectivity index (χ1) is 17.4. The molecule has 1 aromatic heterocycles. The van der Waals surface area contributed by atoms with Gasteiger partial charge in [-0.05, 0) is 49.2 Å². The van der Waals surface area contributed by atoms with E-state index in [4.69, 9.17) is 0 Å². The van der Waals surface area contributed by atoms with Gasteiger partial charge >= 0.3 is 0 Å². The number of hydrogen-bond donors (Lipinski definition) is 2. The fourth-order valence-corrected chi connectivity index (χ4v) is 4.17. The molecule has 0 atom stereocenters. The lowest BCUT2D eigenvalue weighted by molar-refractivity contribution is -0.118. The molecule has 9 nitrogen and oxygen atoms in total. The van der Waals surface area contributed by atoms with Crippen LogP contribution in [0, 0.1) is 13.8 Å². The lowest BCUT2D eigenvalue weighted by Gasteiger charge is -2.34. The van der Waals surface area contributed by atoms with Crippen LogP contribution < -0.4 is 10.6 Å². The molecule has 0 bridgehead atoms. The van der Waals surface area contributed by atoms with Crippen molar-refractivity contribution in [3.63, 3.8) is 0 Å². The third-order valence-corrected chi connectivity index (χ3v) is 6.45. The molecule has 1 aliphatic heterocycles. The molecule has 4 rings (SSSR count). The number of aromatic nitrogens is 2. The molecule has 2 aromatic carbocycles. The summed E-state index contributed by atoms with van der Waals surface area (Å²) in [6.07, 6.45) is 5.47. The molecule has 0 saturated carbocycles. The second-order valence-electron chi connectivity index (χ2n) is 9.04. The summed E-state index contributed by atoms with van der Waals surface area (Å²) in [6, 6.07) is 12.9. The van der Waals surface area contributed by atoms with E-state index in [2.05, 4.69) is 20.5 Å². The van der Waals surface area contributed by atoms with Crippen molar-refractivity contribution in [1.29, 1.82) is 0 Å². The van der Waals surface area contributed by atoms with Crippen molar-refractivity contribution in [2.24, 2.45) is 0 Å². The molecule has 3 aromatic rings. The first-order valence-electron chi connectivity index (χ1n) is 12.1. The van der Waals surface area contributed by atoms with E-state index in [-0.39, 0.29) is 24.3 Å². The van der Waals surface area contributed by atoms with Crippen LogP contribution in [0.15, 0.2) is 61.2 Å². The standard InChI is InChI=1S/C27H32N6O3/c1-20-5-3-8-24(21(20)2)30-26(35)18-31-13-15-33(16-14-31)27(36)22-6-4-7-23(17-22)29-25(34)9-11-32-12-10-28-19-32/h3-8,10,12,17,19H,9,11,13-16,18H2,1-2H3,(H,29,34)(H,30,35). The zero-order chi connectivity index (χ0) is 25.5. The van der Waals surface area contributed by atoms with E-state index < -0.39 is 0 Å². The van der Waals surface area contributed by atoms with E-state index in [9.17, 15) is 14.4 Å². The Balaban J connectivity index is 1.25. The molecule has 2 N–H and O–H groups in total. The maximum absolute atomic E-state index is 13.1. The van der Waals surface area contributed by atoms with Gasteiger partial charge in [-0.15, -0.1) is 0 Å². The number of nitrogens with zero attached hydrogens (tertiary/aromatic N) is 4. The highest BCUT2D eigenvalue weighted by atomic mass is 16.2. The van der Waals surface area contributed by atoms with E-state index in [1.54, 1.807) is 41.7 Å². The van der Waals surface area contributed by atoms with Gasteiger partial charge in [-0.2, -0.15) is 0 Å². The number of hydrogen-bond acceptors (Lipinski definition) is 5. The molecule has 0 unspecified atom stereocenters. The van der Waals surface area contributed by atoms with Crippen LogP contribution in [-0.4, -0.2) is 69.8 Å². The number of carbonyl (C=O) groups is 3. The van der Waals surface area contributed by atoms with Crippen LogP contribution in [0.5, 0.6) is 0 Å². The Hall–Kier alpha value is -3.98. The van der Waals surface area contributed by atoms with Gasteiger partial charge in [0.05, 0.1) is 12.9 Å². The number of amides is 3. The number of imidazole rings is 1. The van der Waals surface area contributed by atoms with Crippen LogP contribution >= 0.6 is 0 Å². The lowest BCUT2D eigenvalue weighted by atomic mass is 10.1. The summed E-state index contributed by atoms with van der Waals surface area (Å²) in [5.41, 5.74) is 4.17. The summed E-state index contributed by atoms with van der Waals surface area (Å²) in [4.78, 5) is 45.7. The van der Waals surface area contributed by atoms with Gasteiger partial charge in [-0.1, -0.05) is 18.2 Å². The average Bonchev–Trinajstić information content (AvgIpc) is 3.40. The number of piperazine rings is 1. The molecule has 9 heteroatoms. The van der Waals surface area contributed by atoms with E-state index in [0.717, 1.165) is 16.8 Å². The van der Waals surface area contributed by atoms with Gasteiger partial charge in [-0.3, -0.25) is 19.3 Å². The monoisotopic (exact) mass is 488 g/mol. The van der Waals surface area contributed by atoms with Crippen molar-refractivity contribution in [2.45, 2.75) is 26.8 Å². The summed E-state index contributed by atoms with van der Waals surface area (Å²) in [5.74, 6) is -0.259. The Labute approximate surface area is 211 Å². The minimum atomic E-state index is -0.124. The molecular weight excluding hydrogens is 456 g/mol. The normalized spacial score (nSPS) is 13.9. The molecule has 1 fully saturated rings. The van der Waals surface area contributed by atoms with Crippen molar-refractivity contribution >= 4 is 29.1 Å². The number of nitrogens with one attached hydrogen (secondary N) is 2. The molecule has 1 aliphatic rings. The average molecular weight is 489 g/mol. The van der Waals surface area contributed by atoms with Gasteiger partial charge in [0.2, 0.25) is 11.8 Å². The van der Waals surface area contributed by atoms with Crippen molar-refractivity contribution in [1.82, 2.24) is 19.4 Å². The Bertz CT molecular complexity index is 1220. The molecule has 0 spiro atoms. The van der Waals surface area contributed by atoms with Crippen LogP contribution in [-0.2, 0) is 16.1 Å². The summed E-state index contributed by atoms with van der Waals surface area (Å²) in [7, 11) is 0. The third-order valence-electron chi connectivity index (χ3n) is 6.45. The van der Waals surface area contributed by atoms with Crippen molar-refractivity contribution in [3.05, 3.63) is 77.9 Å². The fraction of sp³-hybridized carbons (Fsp3) is 0.333. The Kier molecular flexibility index (Phi) is 8.12. The minimum Gasteiger partial charge on any atom is -0.337 e. The number of anilines is 2. The van der Waals surface area contributed by atoms with E-state index in [1.807, 2.05) is 42.8 Å². The van der Waals surface area contributed by atoms with Crippen LogP contribution in [0.2, 0.25) is 0 Å². The molecular formula is C27H32N6O3. The highest BCUT2D eigenvalue weighted by Crippen LogP contribution is 2.18. The van der Waals surface area contributed by atoms with Gasteiger partial charge < -0.3 is 20.1 Å². The molecule has 188 valence electrons. The van der Waals surface area contributed by atoms with Gasteiger partial charge in [-0.25, -0.2) is 4.98 Å². The van der Waals surface area contributed by atoms with Crippen molar-refractivity contribution in [2.75, 3.05) is 43.4 Å². The quantitative estimate of drug-likeness (QED) is 0.508. The predicted molar refractivity (Wildman–Crippen MR) is 139 cm³/mol. The lowest BCUT2D eigenvalue weighted by Crippen LogP contribution is -2.50. The van der Waals surface area contributed by atoms with E-state index in [0.29, 0.717) is 50.4 Å². The number of rotatable bonds is 8. The van der Waals surface area contributed by atoms with Gasteiger partial charge in [0.1, 0.15) is 0 Å². The van der Waals surface area contributed by atoms with Gasteiger partial charge in [0.25, 0.3) is 5.91 Å². The molecule has 36 heavy (non-hydrogen) atoms. The highest BCUT2D eigenvalue weighted by Gasteiger charge is 2.23. The van der Waals surface area contributed by atoms with Crippen LogP contribution in [0.1, 0.15) is 27.9 Å². The van der Waals surface area contributed by atoms with E-state index >= 15 is 0 Å². The van der Waals surface area contributed by atoms with E-state index in [1.165, 1.54) is 0 Å². The largest absolute Gasteiger partial charge is 0.337 e. The third kappa shape index (κ3) is 6.57. The molecule has 1 saturated heterocycles. The Morgan fingerprint density at radius 2 is 1.72 bits per heavy atom. The second-order valence-corrected chi connectivity index (χ2v) is 9.04. The minimum absolute atomic E-state index is 0.0556. The van der Waals surface area contributed by atoms with Gasteiger partial charge in [0, 0.05) is 68.5 Å². The first-order valence-corrected chi connectivity index (χ1v) is 12.1. The van der Waals surface area contributed by atoms with Crippen molar-refractivity contribution < 1.29 is 14.4 Å². The summed E-state index contributed by atoms with van der Waals surface area (Å²) in [5, 5.41) is 5.86. The van der Waals surface area contributed by atoms with Crippen LogP contribution in [0.3, 0.4) is 0 Å². The maximum Gasteiger partial charge on any atom is 0.254 e. The fourth-order valence-electron chi connectivity index (χ4n) is 4.17.